The van der Waals surface area contributed by atoms with Gasteiger partial charge in [0, 0.05) is 25.3 Å². The van der Waals surface area contributed by atoms with Gasteiger partial charge in [0.25, 0.3) is 5.91 Å². The predicted octanol–water partition coefficient (Wildman–Crippen LogP) is 3.46. The number of carbonyl (C=O) groups excluding carboxylic acids is 1. The zero-order valence-corrected chi connectivity index (χ0v) is 12.3. The van der Waals surface area contributed by atoms with Gasteiger partial charge in [0.2, 0.25) is 0 Å². The Balaban J connectivity index is 2.05. The van der Waals surface area contributed by atoms with E-state index in [0.717, 1.165) is 17.2 Å². The molecular weight excluding hydrogens is 252 g/mol. The van der Waals surface area contributed by atoms with Crippen LogP contribution in [0.1, 0.15) is 34.8 Å². The van der Waals surface area contributed by atoms with Gasteiger partial charge in [-0.05, 0) is 50.2 Å². The standard InChI is InChI=1S/C16H20N2O2/c1-11-5-10-15(20-11)12(2)17-14-8-6-13(7-9-14)16(19)18(3)4/h5-10,12,17H,1-4H3. The lowest BCUT2D eigenvalue weighted by Crippen LogP contribution is -2.21. The van der Waals surface area contributed by atoms with Crippen molar-refractivity contribution < 1.29 is 9.21 Å². The predicted molar refractivity (Wildman–Crippen MR) is 79.9 cm³/mol. The second-order valence-electron chi connectivity index (χ2n) is 5.09. The molecule has 4 nitrogen and oxygen atoms in total. The summed E-state index contributed by atoms with van der Waals surface area (Å²) in [4.78, 5) is 13.4. The third kappa shape index (κ3) is 3.20. The summed E-state index contributed by atoms with van der Waals surface area (Å²) in [7, 11) is 3.49. The fourth-order valence-electron chi connectivity index (χ4n) is 1.97. The first-order valence-electron chi connectivity index (χ1n) is 6.62. The van der Waals surface area contributed by atoms with E-state index in [1.165, 1.54) is 0 Å². The number of furan rings is 1. The minimum Gasteiger partial charge on any atom is -0.464 e. The Morgan fingerprint density at radius 2 is 1.80 bits per heavy atom. The van der Waals surface area contributed by atoms with Crippen molar-refractivity contribution in [2.45, 2.75) is 19.9 Å². The first-order chi connectivity index (χ1) is 9.47. The van der Waals surface area contributed by atoms with E-state index >= 15 is 0 Å². The molecule has 2 rings (SSSR count). The minimum atomic E-state index is 0.00579. The molecule has 1 atom stereocenters. The van der Waals surface area contributed by atoms with Gasteiger partial charge in [-0.1, -0.05) is 0 Å². The van der Waals surface area contributed by atoms with Gasteiger partial charge >= 0.3 is 0 Å². The number of nitrogens with zero attached hydrogens (tertiary/aromatic N) is 1. The van der Waals surface area contributed by atoms with Gasteiger partial charge in [0.1, 0.15) is 11.5 Å². The van der Waals surface area contributed by atoms with Gasteiger partial charge in [0.05, 0.1) is 6.04 Å². The topological polar surface area (TPSA) is 45.5 Å². The first-order valence-corrected chi connectivity index (χ1v) is 6.62. The van der Waals surface area contributed by atoms with Gasteiger partial charge in [0.15, 0.2) is 0 Å². The summed E-state index contributed by atoms with van der Waals surface area (Å²) in [5, 5.41) is 3.35. The van der Waals surface area contributed by atoms with Crippen molar-refractivity contribution in [3.63, 3.8) is 0 Å². The van der Waals surface area contributed by atoms with E-state index in [2.05, 4.69) is 5.32 Å². The van der Waals surface area contributed by atoms with Crippen LogP contribution in [0.15, 0.2) is 40.8 Å². The van der Waals surface area contributed by atoms with E-state index in [4.69, 9.17) is 4.42 Å². The molecule has 106 valence electrons. The lowest BCUT2D eigenvalue weighted by molar-refractivity contribution is 0.0827. The third-order valence-corrected chi connectivity index (χ3v) is 3.11. The molecule has 1 amide bonds. The molecule has 1 unspecified atom stereocenters. The minimum absolute atomic E-state index is 0.00579. The van der Waals surface area contributed by atoms with Gasteiger partial charge in [-0.15, -0.1) is 0 Å². The maximum Gasteiger partial charge on any atom is 0.253 e. The average Bonchev–Trinajstić information content (AvgIpc) is 2.85. The monoisotopic (exact) mass is 272 g/mol. The normalized spacial score (nSPS) is 12.0. The Morgan fingerprint density at radius 1 is 1.15 bits per heavy atom. The average molecular weight is 272 g/mol. The molecule has 1 aromatic carbocycles. The molecule has 4 heteroatoms. The number of anilines is 1. The number of aryl methyl sites for hydroxylation is 1. The molecule has 20 heavy (non-hydrogen) atoms. The van der Waals surface area contributed by atoms with Crippen LogP contribution in [0.2, 0.25) is 0 Å². The molecule has 0 saturated heterocycles. The van der Waals surface area contributed by atoms with Crippen LogP contribution in [0.4, 0.5) is 5.69 Å². The van der Waals surface area contributed by atoms with Crippen molar-refractivity contribution in [3.05, 3.63) is 53.5 Å². The van der Waals surface area contributed by atoms with Crippen LogP contribution >= 0.6 is 0 Å². The molecule has 1 aromatic heterocycles. The van der Waals surface area contributed by atoms with Crippen LogP contribution in [-0.4, -0.2) is 24.9 Å². The summed E-state index contributed by atoms with van der Waals surface area (Å²) < 4.78 is 5.59. The highest BCUT2D eigenvalue weighted by molar-refractivity contribution is 5.94. The molecule has 0 fully saturated rings. The molecule has 0 bridgehead atoms. The molecule has 0 spiro atoms. The van der Waals surface area contributed by atoms with E-state index in [1.54, 1.807) is 19.0 Å². The van der Waals surface area contributed by atoms with Crippen LogP contribution in [0, 0.1) is 6.92 Å². The van der Waals surface area contributed by atoms with Crippen molar-refractivity contribution in [2.24, 2.45) is 0 Å². The highest BCUT2D eigenvalue weighted by atomic mass is 16.3. The fourth-order valence-corrected chi connectivity index (χ4v) is 1.97. The Hall–Kier alpha value is -2.23. The molecule has 2 aromatic rings. The summed E-state index contributed by atoms with van der Waals surface area (Å²) in [5.41, 5.74) is 1.64. The fraction of sp³-hybridized carbons (Fsp3) is 0.312. The Labute approximate surface area is 119 Å². The molecule has 0 aliphatic heterocycles. The smallest absolute Gasteiger partial charge is 0.253 e. The van der Waals surface area contributed by atoms with Gasteiger partial charge < -0.3 is 14.6 Å². The van der Waals surface area contributed by atoms with Crippen molar-refractivity contribution in [1.82, 2.24) is 4.90 Å². The van der Waals surface area contributed by atoms with E-state index in [9.17, 15) is 4.79 Å². The third-order valence-electron chi connectivity index (χ3n) is 3.11. The number of rotatable bonds is 4. The van der Waals surface area contributed by atoms with E-state index < -0.39 is 0 Å². The van der Waals surface area contributed by atoms with Crippen LogP contribution in [0.25, 0.3) is 0 Å². The number of hydrogen-bond acceptors (Lipinski definition) is 3. The first kappa shape index (κ1) is 14.2. The van der Waals surface area contributed by atoms with Gasteiger partial charge in [-0.25, -0.2) is 0 Å². The maximum absolute atomic E-state index is 11.8. The van der Waals surface area contributed by atoms with Crippen molar-refractivity contribution in [1.29, 1.82) is 0 Å². The quantitative estimate of drug-likeness (QED) is 0.927. The summed E-state index contributed by atoms with van der Waals surface area (Å²) >= 11 is 0. The van der Waals surface area contributed by atoms with Gasteiger partial charge in [-0.2, -0.15) is 0 Å². The molecule has 0 aliphatic rings. The number of nitrogens with one attached hydrogen (secondary N) is 1. The molecule has 1 heterocycles. The summed E-state index contributed by atoms with van der Waals surface area (Å²) in [6.07, 6.45) is 0. The second-order valence-corrected chi connectivity index (χ2v) is 5.09. The molecule has 0 aliphatic carbocycles. The highest BCUT2D eigenvalue weighted by Crippen LogP contribution is 2.21. The molecule has 1 N–H and O–H groups in total. The number of amides is 1. The number of benzene rings is 1. The molecule has 0 radical (unpaired) electrons. The van der Waals surface area contributed by atoms with Crippen LogP contribution in [-0.2, 0) is 0 Å². The van der Waals surface area contributed by atoms with E-state index in [0.29, 0.717) is 5.56 Å². The zero-order chi connectivity index (χ0) is 14.7. The van der Waals surface area contributed by atoms with Crippen molar-refractivity contribution >= 4 is 11.6 Å². The van der Waals surface area contributed by atoms with Crippen LogP contribution in [0.5, 0.6) is 0 Å². The number of hydrogen-bond donors (Lipinski definition) is 1. The SMILES string of the molecule is Cc1ccc(C(C)Nc2ccc(C(=O)N(C)C)cc2)o1. The zero-order valence-electron chi connectivity index (χ0n) is 12.3. The van der Waals surface area contributed by atoms with E-state index in [1.807, 2.05) is 50.2 Å². The summed E-state index contributed by atoms with van der Waals surface area (Å²) in [6.45, 7) is 3.97. The Morgan fingerprint density at radius 3 is 2.30 bits per heavy atom. The lowest BCUT2D eigenvalue weighted by Gasteiger charge is -2.14. The van der Waals surface area contributed by atoms with Crippen molar-refractivity contribution in [2.75, 3.05) is 19.4 Å². The summed E-state index contributed by atoms with van der Waals surface area (Å²) in [6, 6.07) is 11.5. The number of carbonyl (C=O) groups is 1. The molecule has 0 saturated carbocycles. The Bertz CT molecular complexity index is 585. The highest BCUT2D eigenvalue weighted by Gasteiger charge is 2.10. The second kappa shape index (κ2) is 5.82. The lowest BCUT2D eigenvalue weighted by atomic mass is 10.1. The van der Waals surface area contributed by atoms with Crippen molar-refractivity contribution in [3.8, 4) is 0 Å². The molecular formula is C16H20N2O2. The van der Waals surface area contributed by atoms with Gasteiger partial charge in [-0.3, -0.25) is 4.79 Å². The summed E-state index contributed by atoms with van der Waals surface area (Å²) in [5.74, 6) is 1.81. The van der Waals surface area contributed by atoms with Crippen LogP contribution in [0.3, 0.4) is 0 Å². The van der Waals surface area contributed by atoms with E-state index in [-0.39, 0.29) is 11.9 Å². The van der Waals surface area contributed by atoms with Crippen LogP contribution < -0.4 is 5.32 Å². The Kier molecular flexibility index (Phi) is 4.13. The largest absolute Gasteiger partial charge is 0.464 e. The maximum atomic E-state index is 11.8.